The maximum atomic E-state index is 15.2. The normalized spacial score (nSPS) is 18.7. The largest absolute Gasteiger partial charge is 0.310 e. The van der Waals surface area contributed by atoms with Crippen LogP contribution in [0.3, 0.4) is 0 Å². The number of likely N-dealkylation sites (tertiary alicyclic amines) is 1. The first-order valence-corrected chi connectivity index (χ1v) is 9.09. The molecule has 7 heteroatoms. The lowest BCUT2D eigenvalue weighted by molar-refractivity contribution is -0.122. The first-order chi connectivity index (χ1) is 12.4. The summed E-state index contributed by atoms with van der Waals surface area (Å²) in [6.07, 6.45) is 3.97. The first kappa shape index (κ1) is 18.5. The van der Waals surface area contributed by atoms with E-state index in [1.54, 1.807) is 35.3 Å². The van der Waals surface area contributed by atoms with Crippen molar-refractivity contribution in [1.29, 1.82) is 0 Å². The second-order valence-corrected chi connectivity index (χ2v) is 7.14. The van der Waals surface area contributed by atoms with E-state index in [0.29, 0.717) is 37.4 Å². The van der Waals surface area contributed by atoms with E-state index in [1.807, 2.05) is 31.7 Å². The highest BCUT2D eigenvalue weighted by Crippen LogP contribution is 2.36. The van der Waals surface area contributed by atoms with Crippen molar-refractivity contribution in [1.82, 2.24) is 19.7 Å². The van der Waals surface area contributed by atoms with Gasteiger partial charge in [-0.05, 0) is 45.7 Å². The Hall–Kier alpha value is -2.28. The molecular formula is C19H26FN5O. The number of carbonyl (C=O) groups is 1. The number of rotatable bonds is 5. The zero-order chi connectivity index (χ0) is 18.7. The zero-order valence-electron chi connectivity index (χ0n) is 15.5. The van der Waals surface area contributed by atoms with Gasteiger partial charge in [0.15, 0.2) is 5.67 Å². The summed E-state index contributed by atoms with van der Waals surface area (Å²) in [4.78, 5) is 18.8. The van der Waals surface area contributed by atoms with Gasteiger partial charge in [0.05, 0.1) is 17.9 Å². The summed E-state index contributed by atoms with van der Waals surface area (Å²) in [6, 6.07) is 6.95. The van der Waals surface area contributed by atoms with Gasteiger partial charge in [-0.25, -0.2) is 9.07 Å². The maximum Gasteiger partial charge on any atom is 0.242 e. The van der Waals surface area contributed by atoms with Gasteiger partial charge in [0.2, 0.25) is 5.91 Å². The van der Waals surface area contributed by atoms with Gasteiger partial charge in [0.25, 0.3) is 0 Å². The van der Waals surface area contributed by atoms with Crippen molar-refractivity contribution in [2.75, 3.05) is 18.4 Å². The molecule has 0 bridgehead atoms. The quantitative estimate of drug-likeness (QED) is 0.891. The number of halogens is 1. The van der Waals surface area contributed by atoms with Gasteiger partial charge in [-0.15, -0.1) is 0 Å². The van der Waals surface area contributed by atoms with Crippen LogP contribution in [-0.2, 0) is 10.5 Å². The fourth-order valence-corrected chi connectivity index (χ4v) is 3.37. The molecule has 0 radical (unpaired) electrons. The minimum absolute atomic E-state index is 0.100. The van der Waals surface area contributed by atoms with Crippen molar-refractivity contribution in [3.05, 3.63) is 42.4 Å². The maximum absolute atomic E-state index is 15.2. The lowest BCUT2D eigenvalue weighted by Gasteiger charge is -2.38. The van der Waals surface area contributed by atoms with Gasteiger partial charge in [0, 0.05) is 31.4 Å². The summed E-state index contributed by atoms with van der Waals surface area (Å²) < 4.78 is 17.0. The van der Waals surface area contributed by atoms with Gasteiger partial charge in [-0.2, -0.15) is 5.10 Å². The van der Waals surface area contributed by atoms with E-state index in [0.717, 1.165) is 0 Å². The Morgan fingerprint density at radius 2 is 1.92 bits per heavy atom. The van der Waals surface area contributed by atoms with Crippen molar-refractivity contribution in [2.45, 2.75) is 51.4 Å². The topological polar surface area (TPSA) is 63.1 Å². The molecular weight excluding hydrogens is 333 g/mol. The van der Waals surface area contributed by atoms with E-state index in [4.69, 9.17) is 0 Å². The number of anilines is 1. The average molecular weight is 359 g/mol. The highest BCUT2D eigenvalue weighted by molar-refractivity contribution is 5.93. The molecule has 1 amide bonds. The first-order valence-electron chi connectivity index (χ1n) is 9.09. The molecule has 26 heavy (non-hydrogen) atoms. The van der Waals surface area contributed by atoms with E-state index in [2.05, 4.69) is 15.4 Å². The average Bonchev–Trinajstić information content (AvgIpc) is 3.11. The number of aromatic nitrogens is 3. The summed E-state index contributed by atoms with van der Waals surface area (Å²) in [6.45, 7) is 6.91. The number of pyridine rings is 1. The van der Waals surface area contributed by atoms with Crippen molar-refractivity contribution in [2.24, 2.45) is 0 Å². The van der Waals surface area contributed by atoms with Crippen LogP contribution < -0.4 is 5.32 Å². The third-order valence-electron chi connectivity index (χ3n) is 5.05. The second kappa shape index (κ2) is 7.53. The molecule has 2 aromatic rings. The van der Waals surface area contributed by atoms with Crippen molar-refractivity contribution in [3.63, 3.8) is 0 Å². The van der Waals surface area contributed by atoms with E-state index in [1.165, 1.54) is 0 Å². The molecule has 6 nitrogen and oxygen atoms in total. The molecule has 1 aliphatic heterocycles. The molecule has 3 rings (SSSR count). The molecule has 1 unspecified atom stereocenters. The predicted octanol–water partition coefficient (Wildman–Crippen LogP) is 3.15. The fourth-order valence-electron chi connectivity index (χ4n) is 3.37. The number of carbonyl (C=O) groups excluding carboxylic acids is 1. The molecule has 0 spiro atoms. The van der Waals surface area contributed by atoms with Crippen LogP contribution in [0, 0.1) is 0 Å². The lowest BCUT2D eigenvalue weighted by Crippen LogP contribution is -2.49. The smallest absolute Gasteiger partial charge is 0.242 e. The van der Waals surface area contributed by atoms with Crippen molar-refractivity contribution < 1.29 is 9.18 Å². The SMILES string of the molecule is CC(C(=O)Nc1ccnn1C(C)C)N1CCC(F)(c2ccccn2)CC1. The van der Waals surface area contributed by atoms with Crippen LogP contribution in [0.2, 0.25) is 0 Å². The lowest BCUT2D eigenvalue weighted by atomic mass is 9.89. The van der Waals surface area contributed by atoms with Gasteiger partial charge in [-0.1, -0.05) is 6.07 Å². The second-order valence-electron chi connectivity index (χ2n) is 7.14. The Labute approximate surface area is 153 Å². The number of hydrogen-bond acceptors (Lipinski definition) is 4. The summed E-state index contributed by atoms with van der Waals surface area (Å²) in [5.74, 6) is 0.582. The molecule has 2 aromatic heterocycles. The fraction of sp³-hybridized carbons (Fsp3) is 0.526. The van der Waals surface area contributed by atoms with Crippen LogP contribution in [-0.4, -0.2) is 44.7 Å². The summed E-state index contributed by atoms with van der Waals surface area (Å²) >= 11 is 0. The summed E-state index contributed by atoms with van der Waals surface area (Å²) in [7, 11) is 0. The van der Waals surface area contributed by atoms with Gasteiger partial charge >= 0.3 is 0 Å². The monoisotopic (exact) mass is 359 g/mol. The number of alkyl halides is 1. The molecule has 0 saturated carbocycles. The zero-order valence-corrected chi connectivity index (χ0v) is 15.5. The van der Waals surface area contributed by atoms with Gasteiger partial charge in [-0.3, -0.25) is 14.7 Å². The van der Waals surface area contributed by atoms with E-state index in [9.17, 15) is 4.79 Å². The molecule has 1 saturated heterocycles. The van der Waals surface area contributed by atoms with E-state index in [-0.39, 0.29) is 18.0 Å². The summed E-state index contributed by atoms with van der Waals surface area (Å²) in [5.41, 5.74) is -0.929. The van der Waals surface area contributed by atoms with E-state index >= 15 is 4.39 Å². The number of piperidine rings is 1. The third-order valence-corrected chi connectivity index (χ3v) is 5.05. The highest BCUT2D eigenvalue weighted by Gasteiger charge is 2.39. The molecule has 140 valence electrons. The Balaban J connectivity index is 1.60. The Bertz CT molecular complexity index is 737. The Morgan fingerprint density at radius 3 is 2.54 bits per heavy atom. The van der Waals surface area contributed by atoms with Gasteiger partial charge < -0.3 is 5.32 Å². The van der Waals surface area contributed by atoms with Crippen LogP contribution >= 0.6 is 0 Å². The molecule has 0 aliphatic carbocycles. The minimum atomic E-state index is -1.41. The highest BCUT2D eigenvalue weighted by atomic mass is 19.1. The van der Waals surface area contributed by atoms with Crippen LogP contribution in [0.4, 0.5) is 10.2 Å². The Morgan fingerprint density at radius 1 is 1.19 bits per heavy atom. The van der Waals surface area contributed by atoms with Crippen LogP contribution in [0.25, 0.3) is 0 Å². The Kier molecular flexibility index (Phi) is 5.36. The number of nitrogens with one attached hydrogen (secondary N) is 1. The van der Waals surface area contributed by atoms with E-state index < -0.39 is 5.67 Å². The van der Waals surface area contributed by atoms with Crippen LogP contribution in [0.1, 0.15) is 45.3 Å². The van der Waals surface area contributed by atoms with Crippen LogP contribution in [0.5, 0.6) is 0 Å². The minimum Gasteiger partial charge on any atom is -0.310 e. The number of hydrogen-bond donors (Lipinski definition) is 1. The molecule has 1 N–H and O–H groups in total. The predicted molar refractivity (Wildman–Crippen MR) is 98.5 cm³/mol. The summed E-state index contributed by atoms with van der Waals surface area (Å²) in [5, 5.41) is 7.16. The standard InChI is InChI=1S/C19H26FN5O/c1-14(2)25-17(7-11-22-25)23-18(26)15(3)24-12-8-19(20,9-13-24)16-6-4-5-10-21-16/h4-7,10-11,14-15H,8-9,12-13H2,1-3H3,(H,23,26). The third kappa shape index (κ3) is 3.77. The molecule has 1 atom stereocenters. The van der Waals surface area contributed by atoms with Crippen molar-refractivity contribution >= 4 is 11.7 Å². The van der Waals surface area contributed by atoms with Crippen LogP contribution in [0.15, 0.2) is 36.7 Å². The number of nitrogens with zero attached hydrogens (tertiary/aromatic N) is 4. The number of amides is 1. The molecule has 1 fully saturated rings. The van der Waals surface area contributed by atoms with Gasteiger partial charge in [0.1, 0.15) is 5.82 Å². The van der Waals surface area contributed by atoms with Crippen molar-refractivity contribution in [3.8, 4) is 0 Å². The molecule has 3 heterocycles. The molecule has 0 aromatic carbocycles. The molecule has 1 aliphatic rings.